The van der Waals surface area contributed by atoms with Crippen LogP contribution < -0.4 is 0 Å². The summed E-state index contributed by atoms with van der Waals surface area (Å²) in [6, 6.07) is 4.33. The summed E-state index contributed by atoms with van der Waals surface area (Å²) in [6.45, 7) is 10.6. The summed E-state index contributed by atoms with van der Waals surface area (Å²) in [5.74, 6) is -0.0364. The van der Waals surface area contributed by atoms with Crippen molar-refractivity contribution in [1.82, 2.24) is 5.01 Å². The second kappa shape index (κ2) is 9.67. The van der Waals surface area contributed by atoms with E-state index in [-0.39, 0.29) is 11.6 Å². The molecule has 1 saturated carbocycles. The quantitative estimate of drug-likeness (QED) is 0.376. The summed E-state index contributed by atoms with van der Waals surface area (Å²) in [6.07, 6.45) is 4.33. The Bertz CT molecular complexity index is 695. The third-order valence-electron chi connectivity index (χ3n) is 4.93. The summed E-state index contributed by atoms with van der Waals surface area (Å²) in [4.78, 5) is 25.0. The van der Waals surface area contributed by atoms with Crippen molar-refractivity contribution in [3.8, 4) is 0 Å². The molecule has 0 unspecified atom stereocenters. The number of esters is 1. The molecule has 1 aliphatic carbocycles. The van der Waals surface area contributed by atoms with Crippen molar-refractivity contribution in [2.24, 2.45) is 11.0 Å². The Morgan fingerprint density at radius 1 is 1.15 bits per heavy atom. The van der Waals surface area contributed by atoms with Gasteiger partial charge < -0.3 is 4.74 Å². The van der Waals surface area contributed by atoms with Crippen LogP contribution in [-0.4, -0.2) is 35.7 Å². The predicted octanol–water partition coefficient (Wildman–Crippen LogP) is 3.84. The molecule has 1 fully saturated rings. The van der Waals surface area contributed by atoms with E-state index in [4.69, 9.17) is 4.74 Å². The number of ether oxygens (including phenoxy) is 1. The Morgan fingerprint density at radius 2 is 1.74 bits per heavy atom. The number of benzene rings is 1. The summed E-state index contributed by atoms with van der Waals surface area (Å²) >= 11 is 0. The van der Waals surface area contributed by atoms with Crippen molar-refractivity contribution in [1.29, 1.82) is 0 Å². The Hall–Kier alpha value is -2.17. The lowest BCUT2D eigenvalue weighted by molar-refractivity contribution is -0.135. The van der Waals surface area contributed by atoms with Crippen LogP contribution in [0.4, 0.5) is 0 Å². The largest absolute Gasteiger partial charge is 0.461 e. The minimum Gasteiger partial charge on any atom is -0.461 e. The first kappa shape index (κ1) is 21.1. The van der Waals surface area contributed by atoms with Gasteiger partial charge in [0.15, 0.2) is 0 Å². The molecule has 0 N–H and O–H groups in total. The fraction of sp³-hybridized carbons (Fsp3) is 0.591. The van der Waals surface area contributed by atoms with Crippen LogP contribution in [0.5, 0.6) is 0 Å². The maximum atomic E-state index is 13.1. The molecule has 1 aromatic rings. The monoisotopic (exact) mass is 372 g/mol. The Labute approximate surface area is 162 Å². The number of carbonyl (C=O) groups excluding carboxylic acids is 2. The van der Waals surface area contributed by atoms with Crippen molar-refractivity contribution >= 4 is 17.6 Å². The van der Waals surface area contributed by atoms with Crippen LogP contribution in [0.15, 0.2) is 17.2 Å². The fourth-order valence-electron chi connectivity index (χ4n) is 3.27. The van der Waals surface area contributed by atoms with Gasteiger partial charge in [0.1, 0.15) is 5.71 Å². The van der Waals surface area contributed by atoms with E-state index in [9.17, 15) is 9.59 Å². The normalized spacial score (nSPS) is 14.2. The van der Waals surface area contributed by atoms with Gasteiger partial charge in [0.05, 0.1) is 13.0 Å². The molecule has 5 nitrogen and oxygen atoms in total. The summed E-state index contributed by atoms with van der Waals surface area (Å²) in [7, 11) is 0. The number of hydrogen-bond acceptors (Lipinski definition) is 4. The third-order valence-corrected chi connectivity index (χ3v) is 4.93. The van der Waals surface area contributed by atoms with Crippen LogP contribution in [-0.2, 0) is 33.6 Å². The highest BCUT2D eigenvalue weighted by Gasteiger charge is 2.28. The molecule has 0 aromatic heterocycles. The van der Waals surface area contributed by atoms with Gasteiger partial charge in [0.2, 0.25) is 5.91 Å². The van der Waals surface area contributed by atoms with Crippen molar-refractivity contribution < 1.29 is 14.3 Å². The maximum Gasteiger partial charge on any atom is 0.354 e. The SMILES string of the molecule is CCOC(=O)C(C)=NN(CC1CC1)C(=O)Cc1c(CC)cc(C)cc1CC. The van der Waals surface area contributed by atoms with Gasteiger partial charge in [-0.15, -0.1) is 0 Å². The number of carbonyl (C=O) groups is 2. The lowest BCUT2D eigenvalue weighted by Crippen LogP contribution is -2.32. The van der Waals surface area contributed by atoms with Gasteiger partial charge in [0, 0.05) is 6.54 Å². The van der Waals surface area contributed by atoms with E-state index in [2.05, 4.69) is 38.0 Å². The molecule has 1 aliphatic rings. The standard InChI is InChI=1S/C22H32N2O3/c1-6-18-11-15(4)12-19(7-2)20(18)13-21(25)24(14-17-9-10-17)23-16(5)22(26)27-8-3/h11-12,17H,6-10,13-14H2,1-5H3. The van der Waals surface area contributed by atoms with Crippen LogP contribution in [0.25, 0.3) is 0 Å². The van der Waals surface area contributed by atoms with E-state index in [1.165, 1.54) is 21.7 Å². The Morgan fingerprint density at radius 3 is 2.22 bits per heavy atom. The average molecular weight is 373 g/mol. The first-order valence-electron chi connectivity index (χ1n) is 10.0. The van der Waals surface area contributed by atoms with Gasteiger partial charge in [-0.25, -0.2) is 9.80 Å². The summed E-state index contributed by atoms with van der Waals surface area (Å²) in [5, 5.41) is 5.81. The molecule has 0 bridgehead atoms. The number of nitrogens with zero attached hydrogens (tertiary/aromatic N) is 2. The number of amides is 1. The molecule has 27 heavy (non-hydrogen) atoms. The van der Waals surface area contributed by atoms with E-state index < -0.39 is 5.97 Å². The minimum absolute atomic E-state index is 0.0567. The number of rotatable bonds is 9. The summed E-state index contributed by atoms with van der Waals surface area (Å²) in [5.41, 5.74) is 5.00. The maximum absolute atomic E-state index is 13.1. The molecular weight excluding hydrogens is 340 g/mol. The smallest absolute Gasteiger partial charge is 0.354 e. The zero-order valence-corrected chi connectivity index (χ0v) is 17.3. The third kappa shape index (κ3) is 5.91. The lowest BCUT2D eigenvalue weighted by Gasteiger charge is -2.20. The zero-order valence-electron chi connectivity index (χ0n) is 17.3. The highest BCUT2D eigenvalue weighted by atomic mass is 16.5. The molecular formula is C22H32N2O3. The van der Waals surface area contributed by atoms with Gasteiger partial charge in [-0.2, -0.15) is 5.10 Å². The molecule has 0 aliphatic heterocycles. The lowest BCUT2D eigenvalue weighted by atomic mass is 9.92. The Balaban J connectivity index is 2.26. The van der Waals surface area contributed by atoms with E-state index >= 15 is 0 Å². The topological polar surface area (TPSA) is 59.0 Å². The molecule has 5 heteroatoms. The molecule has 0 heterocycles. The number of hydrazone groups is 1. The van der Waals surface area contributed by atoms with Crippen LogP contribution in [0.1, 0.15) is 62.8 Å². The number of hydrogen-bond donors (Lipinski definition) is 0. The van der Waals surface area contributed by atoms with E-state index in [0.717, 1.165) is 31.2 Å². The fourth-order valence-corrected chi connectivity index (χ4v) is 3.27. The molecule has 0 atom stereocenters. The highest BCUT2D eigenvalue weighted by Crippen LogP contribution is 2.30. The van der Waals surface area contributed by atoms with Crippen LogP contribution >= 0.6 is 0 Å². The van der Waals surface area contributed by atoms with E-state index in [1.54, 1.807) is 13.8 Å². The molecule has 0 spiro atoms. The average Bonchev–Trinajstić information content (AvgIpc) is 3.46. The van der Waals surface area contributed by atoms with Gasteiger partial charge >= 0.3 is 5.97 Å². The number of aryl methyl sites for hydroxylation is 3. The first-order valence-corrected chi connectivity index (χ1v) is 10.0. The molecule has 148 valence electrons. The predicted molar refractivity (Wildman–Crippen MR) is 108 cm³/mol. The minimum atomic E-state index is -0.468. The van der Waals surface area contributed by atoms with Gasteiger partial charge in [0.25, 0.3) is 0 Å². The van der Waals surface area contributed by atoms with Gasteiger partial charge in [-0.05, 0) is 69.1 Å². The summed E-state index contributed by atoms with van der Waals surface area (Å²) < 4.78 is 5.00. The molecule has 1 amide bonds. The van der Waals surface area contributed by atoms with Gasteiger partial charge in [-0.1, -0.05) is 31.5 Å². The first-order chi connectivity index (χ1) is 12.9. The second-order valence-electron chi connectivity index (χ2n) is 7.27. The van der Waals surface area contributed by atoms with Crippen molar-refractivity contribution in [3.05, 3.63) is 34.4 Å². The van der Waals surface area contributed by atoms with Crippen LogP contribution in [0.3, 0.4) is 0 Å². The zero-order chi connectivity index (χ0) is 20.0. The molecule has 0 saturated heterocycles. The highest BCUT2D eigenvalue weighted by molar-refractivity contribution is 6.35. The van der Waals surface area contributed by atoms with Crippen LogP contribution in [0, 0.1) is 12.8 Å². The molecule has 1 aromatic carbocycles. The van der Waals surface area contributed by atoms with Crippen LogP contribution in [0.2, 0.25) is 0 Å². The van der Waals surface area contributed by atoms with Crippen molar-refractivity contribution in [2.75, 3.05) is 13.2 Å². The van der Waals surface area contributed by atoms with E-state index in [0.29, 0.717) is 25.5 Å². The van der Waals surface area contributed by atoms with Gasteiger partial charge in [-0.3, -0.25) is 4.79 Å². The van der Waals surface area contributed by atoms with Crippen molar-refractivity contribution in [2.45, 2.75) is 66.7 Å². The second-order valence-corrected chi connectivity index (χ2v) is 7.27. The Kier molecular flexibility index (Phi) is 7.57. The van der Waals surface area contributed by atoms with Crippen molar-refractivity contribution in [3.63, 3.8) is 0 Å². The van der Waals surface area contributed by atoms with E-state index in [1.807, 2.05) is 0 Å². The molecule has 2 rings (SSSR count). The molecule has 0 radical (unpaired) electrons.